The highest BCUT2D eigenvalue weighted by Gasteiger charge is 2.08. The van der Waals surface area contributed by atoms with Crippen LogP contribution in [0.5, 0.6) is 0 Å². The van der Waals surface area contributed by atoms with Crippen LogP contribution in [0.3, 0.4) is 0 Å². The standard InChI is InChI=1S/C26H27F/c1-3-5-6-8-21-11-15-23(16-12-21)25-18-17-24(19-26(25)27)22-13-9-20(7-4-2)10-14-22/h3,5,9-19H,4,6-8H2,1-2H3. The van der Waals surface area contributed by atoms with Gasteiger partial charge in [0.15, 0.2) is 0 Å². The lowest BCUT2D eigenvalue weighted by Crippen LogP contribution is -1.89. The molecule has 3 aromatic carbocycles. The van der Waals surface area contributed by atoms with Gasteiger partial charge < -0.3 is 0 Å². The first-order valence-corrected chi connectivity index (χ1v) is 9.80. The summed E-state index contributed by atoms with van der Waals surface area (Å²) in [5.41, 5.74) is 6.16. The first-order chi connectivity index (χ1) is 13.2. The van der Waals surface area contributed by atoms with Crippen molar-refractivity contribution >= 4 is 0 Å². The Morgan fingerprint density at radius 2 is 1.33 bits per heavy atom. The summed E-state index contributed by atoms with van der Waals surface area (Å²) in [5.74, 6) is -0.174. The molecule has 3 rings (SSSR count). The molecule has 0 fully saturated rings. The predicted molar refractivity (Wildman–Crippen MR) is 114 cm³/mol. The van der Waals surface area contributed by atoms with Crippen molar-refractivity contribution in [2.75, 3.05) is 0 Å². The van der Waals surface area contributed by atoms with Crippen molar-refractivity contribution in [1.82, 2.24) is 0 Å². The van der Waals surface area contributed by atoms with E-state index in [1.807, 2.05) is 31.2 Å². The Morgan fingerprint density at radius 1 is 0.741 bits per heavy atom. The van der Waals surface area contributed by atoms with Gasteiger partial charge in [-0.05, 0) is 60.1 Å². The molecule has 0 aliphatic rings. The third-order valence-corrected chi connectivity index (χ3v) is 4.90. The monoisotopic (exact) mass is 358 g/mol. The molecule has 0 unspecified atom stereocenters. The van der Waals surface area contributed by atoms with Crippen molar-refractivity contribution < 1.29 is 4.39 Å². The average Bonchev–Trinajstić information content (AvgIpc) is 2.70. The summed E-state index contributed by atoms with van der Waals surface area (Å²) in [6.45, 7) is 4.21. The zero-order valence-electron chi connectivity index (χ0n) is 16.2. The van der Waals surface area contributed by atoms with E-state index in [-0.39, 0.29) is 5.82 Å². The number of allylic oxidation sites excluding steroid dienone is 2. The van der Waals surface area contributed by atoms with Gasteiger partial charge in [-0.25, -0.2) is 4.39 Å². The van der Waals surface area contributed by atoms with Crippen LogP contribution in [-0.4, -0.2) is 0 Å². The van der Waals surface area contributed by atoms with Crippen LogP contribution in [0.4, 0.5) is 4.39 Å². The van der Waals surface area contributed by atoms with Crippen molar-refractivity contribution in [3.8, 4) is 22.3 Å². The predicted octanol–water partition coefficient (Wildman–Crippen LogP) is 7.62. The molecule has 0 N–H and O–H groups in total. The number of halogens is 1. The maximum atomic E-state index is 14.8. The molecule has 138 valence electrons. The Balaban J connectivity index is 1.78. The summed E-state index contributed by atoms with van der Waals surface area (Å²) in [7, 11) is 0. The summed E-state index contributed by atoms with van der Waals surface area (Å²) in [5, 5.41) is 0. The average molecular weight is 358 g/mol. The van der Waals surface area contributed by atoms with E-state index in [0.717, 1.165) is 42.4 Å². The Bertz CT molecular complexity index is 886. The fraction of sp³-hybridized carbons (Fsp3) is 0.231. The minimum atomic E-state index is -0.174. The maximum Gasteiger partial charge on any atom is 0.131 e. The normalized spacial score (nSPS) is 11.2. The number of hydrogen-bond acceptors (Lipinski definition) is 0. The summed E-state index contributed by atoms with van der Waals surface area (Å²) in [6, 6.07) is 22.2. The molecule has 0 bridgehead atoms. The van der Waals surface area contributed by atoms with Crippen LogP contribution in [0.15, 0.2) is 78.9 Å². The molecule has 0 spiro atoms. The molecule has 0 radical (unpaired) electrons. The smallest absolute Gasteiger partial charge is 0.131 e. The summed E-state index contributed by atoms with van der Waals surface area (Å²) in [4.78, 5) is 0. The van der Waals surface area contributed by atoms with Gasteiger partial charge in [-0.15, -0.1) is 0 Å². The minimum absolute atomic E-state index is 0.174. The molecule has 0 atom stereocenters. The van der Waals surface area contributed by atoms with Gasteiger partial charge in [-0.1, -0.05) is 86.2 Å². The Morgan fingerprint density at radius 3 is 1.93 bits per heavy atom. The largest absolute Gasteiger partial charge is 0.206 e. The third kappa shape index (κ3) is 4.95. The number of rotatable bonds is 7. The Labute approximate surface area is 162 Å². The second kappa shape index (κ2) is 9.32. The van der Waals surface area contributed by atoms with Gasteiger partial charge in [-0.2, -0.15) is 0 Å². The number of benzene rings is 3. The zero-order chi connectivity index (χ0) is 19.1. The van der Waals surface area contributed by atoms with Crippen LogP contribution in [0.2, 0.25) is 0 Å². The Hall–Kier alpha value is -2.67. The molecule has 0 aromatic heterocycles. The fourth-order valence-electron chi connectivity index (χ4n) is 3.35. The van der Waals surface area contributed by atoms with Gasteiger partial charge in [0.1, 0.15) is 5.82 Å². The topological polar surface area (TPSA) is 0 Å². The molecule has 0 saturated heterocycles. The van der Waals surface area contributed by atoms with E-state index in [0.29, 0.717) is 5.56 Å². The molecular formula is C26H27F. The highest BCUT2D eigenvalue weighted by atomic mass is 19.1. The lowest BCUT2D eigenvalue weighted by atomic mass is 9.97. The van der Waals surface area contributed by atoms with Crippen molar-refractivity contribution in [2.45, 2.75) is 39.5 Å². The van der Waals surface area contributed by atoms with E-state index in [2.05, 4.69) is 55.5 Å². The van der Waals surface area contributed by atoms with Crippen LogP contribution >= 0.6 is 0 Å². The number of hydrogen-bond donors (Lipinski definition) is 0. The maximum absolute atomic E-state index is 14.8. The molecule has 0 aliphatic heterocycles. The third-order valence-electron chi connectivity index (χ3n) is 4.90. The molecule has 0 aliphatic carbocycles. The van der Waals surface area contributed by atoms with Crippen molar-refractivity contribution in [3.05, 3.63) is 95.8 Å². The lowest BCUT2D eigenvalue weighted by Gasteiger charge is -2.09. The molecule has 0 nitrogen and oxygen atoms in total. The second-order valence-electron chi connectivity index (χ2n) is 6.95. The quantitative estimate of drug-likeness (QED) is 0.381. The van der Waals surface area contributed by atoms with E-state index >= 15 is 0 Å². The molecule has 27 heavy (non-hydrogen) atoms. The van der Waals surface area contributed by atoms with Crippen LogP contribution in [0.1, 0.15) is 37.8 Å². The molecule has 0 saturated carbocycles. The van der Waals surface area contributed by atoms with E-state index in [1.54, 1.807) is 6.07 Å². The van der Waals surface area contributed by atoms with Crippen molar-refractivity contribution in [2.24, 2.45) is 0 Å². The van der Waals surface area contributed by atoms with E-state index in [1.165, 1.54) is 11.1 Å². The van der Waals surface area contributed by atoms with Gasteiger partial charge >= 0.3 is 0 Å². The highest BCUT2D eigenvalue weighted by molar-refractivity contribution is 5.71. The fourth-order valence-corrected chi connectivity index (χ4v) is 3.35. The zero-order valence-corrected chi connectivity index (χ0v) is 16.2. The SMILES string of the molecule is CC=CCCc1ccc(-c2ccc(-c3ccc(CCC)cc3)cc2F)cc1. The number of aryl methyl sites for hydroxylation is 2. The van der Waals surface area contributed by atoms with Crippen LogP contribution in [-0.2, 0) is 12.8 Å². The summed E-state index contributed by atoms with van der Waals surface area (Å²) in [6.07, 6.45) is 8.51. The first-order valence-electron chi connectivity index (χ1n) is 9.80. The van der Waals surface area contributed by atoms with Crippen LogP contribution in [0.25, 0.3) is 22.3 Å². The molecule has 1 heteroatoms. The van der Waals surface area contributed by atoms with Gasteiger partial charge in [-0.3, -0.25) is 0 Å². The van der Waals surface area contributed by atoms with E-state index in [4.69, 9.17) is 0 Å². The molecule has 3 aromatic rings. The molecule has 0 heterocycles. The van der Waals surface area contributed by atoms with Crippen molar-refractivity contribution in [3.63, 3.8) is 0 Å². The minimum Gasteiger partial charge on any atom is -0.206 e. The molecular weight excluding hydrogens is 331 g/mol. The van der Waals surface area contributed by atoms with Gasteiger partial charge in [0.05, 0.1) is 0 Å². The Kier molecular flexibility index (Phi) is 6.59. The van der Waals surface area contributed by atoms with Crippen LogP contribution < -0.4 is 0 Å². The van der Waals surface area contributed by atoms with Gasteiger partial charge in [0, 0.05) is 5.56 Å². The van der Waals surface area contributed by atoms with Crippen LogP contribution in [0, 0.1) is 5.82 Å². The summed E-state index contributed by atoms with van der Waals surface area (Å²) < 4.78 is 14.8. The van der Waals surface area contributed by atoms with Crippen molar-refractivity contribution in [1.29, 1.82) is 0 Å². The first kappa shape index (κ1) is 19.1. The van der Waals surface area contributed by atoms with Gasteiger partial charge in [0.2, 0.25) is 0 Å². The second-order valence-corrected chi connectivity index (χ2v) is 6.95. The van der Waals surface area contributed by atoms with E-state index in [9.17, 15) is 4.39 Å². The summed E-state index contributed by atoms with van der Waals surface area (Å²) >= 11 is 0. The highest BCUT2D eigenvalue weighted by Crippen LogP contribution is 2.28. The van der Waals surface area contributed by atoms with Gasteiger partial charge in [0.25, 0.3) is 0 Å². The molecule has 0 amide bonds. The lowest BCUT2D eigenvalue weighted by molar-refractivity contribution is 0.632. The van der Waals surface area contributed by atoms with E-state index < -0.39 is 0 Å².